The van der Waals surface area contributed by atoms with E-state index in [4.69, 9.17) is 0 Å². The van der Waals surface area contributed by atoms with E-state index in [1.54, 1.807) is 10.4 Å². The molecule has 2 aliphatic heterocycles. The Morgan fingerprint density at radius 1 is 1.37 bits per heavy atom. The third-order valence-corrected chi connectivity index (χ3v) is 8.07. The monoisotopic (exact) mass is 300 g/mol. The van der Waals surface area contributed by atoms with E-state index in [1.807, 2.05) is 13.0 Å². The lowest BCUT2D eigenvalue weighted by atomic mass is 9.85. The minimum atomic E-state index is -3.34. The Bertz CT molecular complexity index is 592. The van der Waals surface area contributed by atoms with E-state index in [1.165, 1.54) is 11.3 Å². The molecule has 4 nitrogen and oxygen atoms in total. The molecule has 3 rings (SSSR count). The highest BCUT2D eigenvalue weighted by atomic mass is 32.2. The number of nitrogens with zero attached hydrogens (tertiary/aromatic N) is 1. The molecule has 0 amide bonds. The number of hydrogen-bond donors (Lipinski definition) is 1. The van der Waals surface area contributed by atoms with Gasteiger partial charge < -0.3 is 5.32 Å². The summed E-state index contributed by atoms with van der Waals surface area (Å²) in [7, 11) is -3.34. The van der Waals surface area contributed by atoms with Crippen molar-refractivity contribution in [2.45, 2.75) is 30.5 Å². The van der Waals surface area contributed by atoms with Gasteiger partial charge in [0, 0.05) is 23.5 Å². The number of aryl methyl sites for hydroxylation is 1. The van der Waals surface area contributed by atoms with Crippen molar-refractivity contribution in [3.05, 3.63) is 17.0 Å². The fraction of sp³-hybridized carbons (Fsp3) is 0.692. The Balaban J connectivity index is 1.98. The van der Waals surface area contributed by atoms with Crippen LogP contribution in [0.4, 0.5) is 0 Å². The first-order valence-electron chi connectivity index (χ1n) is 6.63. The highest BCUT2D eigenvalue weighted by Gasteiger charge is 2.54. The van der Waals surface area contributed by atoms with Crippen molar-refractivity contribution in [1.82, 2.24) is 9.62 Å². The van der Waals surface area contributed by atoms with Gasteiger partial charge in [0.2, 0.25) is 0 Å². The fourth-order valence-corrected chi connectivity index (χ4v) is 6.73. The zero-order valence-corrected chi connectivity index (χ0v) is 13.1. The summed E-state index contributed by atoms with van der Waals surface area (Å²) < 4.78 is 27.8. The van der Waals surface area contributed by atoms with E-state index in [9.17, 15) is 8.42 Å². The molecule has 3 heterocycles. The molecule has 0 saturated carbocycles. The van der Waals surface area contributed by atoms with E-state index in [2.05, 4.69) is 19.2 Å². The Hall–Kier alpha value is -0.430. The molecule has 1 N–H and O–H groups in total. The largest absolute Gasteiger partial charge is 0.316 e. The number of sulfonamides is 1. The van der Waals surface area contributed by atoms with Crippen LogP contribution in [0.1, 0.15) is 18.7 Å². The Morgan fingerprint density at radius 2 is 2.11 bits per heavy atom. The summed E-state index contributed by atoms with van der Waals surface area (Å²) in [6, 6.07) is 3.61. The molecule has 1 aromatic heterocycles. The van der Waals surface area contributed by atoms with E-state index >= 15 is 0 Å². The average Bonchev–Trinajstić information content (AvgIpc) is 2.97. The molecule has 2 fully saturated rings. The molecule has 19 heavy (non-hydrogen) atoms. The van der Waals surface area contributed by atoms with E-state index < -0.39 is 10.0 Å². The van der Waals surface area contributed by atoms with Crippen molar-refractivity contribution >= 4 is 21.4 Å². The third kappa shape index (κ3) is 1.96. The van der Waals surface area contributed by atoms with Crippen molar-refractivity contribution in [2.75, 3.05) is 19.6 Å². The molecule has 0 spiro atoms. The van der Waals surface area contributed by atoms with Crippen molar-refractivity contribution < 1.29 is 8.42 Å². The van der Waals surface area contributed by atoms with Gasteiger partial charge in [-0.3, -0.25) is 0 Å². The summed E-state index contributed by atoms with van der Waals surface area (Å²) in [6.07, 6.45) is 0. The van der Waals surface area contributed by atoms with Gasteiger partial charge in [-0.15, -0.1) is 11.3 Å². The van der Waals surface area contributed by atoms with Crippen LogP contribution < -0.4 is 5.32 Å². The maximum atomic E-state index is 12.8. The predicted octanol–water partition coefficient (Wildman–Crippen LogP) is 1.68. The van der Waals surface area contributed by atoms with Crippen LogP contribution in [0.2, 0.25) is 0 Å². The zero-order valence-electron chi connectivity index (χ0n) is 11.5. The molecule has 6 heteroatoms. The van der Waals surface area contributed by atoms with Crippen molar-refractivity contribution in [3.8, 4) is 0 Å². The lowest BCUT2D eigenvalue weighted by Crippen LogP contribution is -2.47. The van der Waals surface area contributed by atoms with Gasteiger partial charge in [0.25, 0.3) is 10.0 Å². The predicted molar refractivity (Wildman–Crippen MR) is 76.9 cm³/mol. The number of nitrogens with one attached hydrogen (secondary N) is 1. The molecule has 106 valence electrons. The second-order valence-corrected chi connectivity index (χ2v) is 9.46. The quantitative estimate of drug-likeness (QED) is 0.904. The van der Waals surface area contributed by atoms with Gasteiger partial charge in [-0.05, 0) is 51.3 Å². The first kappa shape index (κ1) is 13.5. The first-order chi connectivity index (χ1) is 8.83. The molecular formula is C13H20N2O2S2. The summed E-state index contributed by atoms with van der Waals surface area (Å²) in [5.74, 6) is 0.870. The van der Waals surface area contributed by atoms with Crippen molar-refractivity contribution in [1.29, 1.82) is 0 Å². The van der Waals surface area contributed by atoms with Gasteiger partial charge in [0.05, 0.1) is 0 Å². The second-order valence-electron chi connectivity index (χ2n) is 6.08. The number of hydrogen-bond acceptors (Lipinski definition) is 4. The molecule has 0 aromatic carbocycles. The summed E-state index contributed by atoms with van der Waals surface area (Å²) in [6.45, 7) is 8.56. The lowest BCUT2D eigenvalue weighted by Gasteiger charge is -2.34. The topological polar surface area (TPSA) is 49.4 Å². The van der Waals surface area contributed by atoms with Crippen LogP contribution in [0.3, 0.4) is 0 Å². The molecule has 2 unspecified atom stereocenters. The number of fused-ring (bicyclic) bond motifs is 1. The second kappa shape index (κ2) is 4.28. The van der Waals surface area contributed by atoms with Crippen LogP contribution in [0.25, 0.3) is 0 Å². The molecule has 0 bridgehead atoms. The normalized spacial score (nSPS) is 30.7. The Labute approximate surface area is 118 Å². The minimum absolute atomic E-state index is 0.301. The molecule has 2 atom stereocenters. The molecule has 0 aliphatic carbocycles. The summed E-state index contributed by atoms with van der Waals surface area (Å²) in [4.78, 5) is 1.04. The van der Waals surface area contributed by atoms with Crippen molar-refractivity contribution in [3.63, 3.8) is 0 Å². The molecular weight excluding hydrogens is 280 g/mol. The van der Waals surface area contributed by atoms with Crippen LogP contribution in [-0.2, 0) is 10.0 Å². The molecule has 2 aliphatic rings. The fourth-order valence-electron chi connectivity index (χ4n) is 3.45. The maximum absolute atomic E-state index is 12.8. The van der Waals surface area contributed by atoms with Gasteiger partial charge in [0.15, 0.2) is 0 Å². The molecule has 0 radical (unpaired) electrons. The summed E-state index contributed by atoms with van der Waals surface area (Å²) in [5, 5.41) is 3.38. The van der Waals surface area contributed by atoms with Gasteiger partial charge >= 0.3 is 0 Å². The lowest BCUT2D eigenvalue weighted by molar-refractivity contribution is 0.233. The van der Waals surface area contributed by atoms with Gasteiger partial charge in [-0.1, -0.05) is 0 Å². The van der Waals surface area contributed by atoms with Gasteiger partial charge in [-0.2, -0.15) is 4.31 Å². The molecule has 1 aromatic rings. The van der Waals surface area contributed by atoms with Crippen molar-refractivity contribution in [2.24, 2.45) is 11.8 Å². The van der Waals surface area contributed by atoms with Gasteiger partial charge in [-0.25, -0.2) is 8.42 Å². The van der Waals surface area contributed by atoms with Crippen LogP contribution in [0, 0.1) is 18.8 Å². The highest BCUT2D eigenvalue weighted by molar-refractivity contribution is 7.91. The standard InChI is InChI=1S/C13H20N2O2S2/c1-9-4-5-12(18-9)19(16,17)15-8-10-6-14-7-11(10)13(15,2)3/h4-5,10-11,14H,6-8H2,1-3H3. The highest BCUT2D eigenvalue weighted by Crippen LogP contribution is 2.44. The number of thiophene rings is 1. The van der Waals surface area contributed by atoms with E-state index in [0.29, 0.717) is 22.6 Å². The molecule has 2 saturated heterocycles. The smallest absolute Gasteiger partial charge is 0.253 e. The zero-order chi connectivity index (χ0) is 13.8. The first-order valence-corrected chi connectivity index (χ1v) is 8.89. The summed E-state index contributed by atoms with van der Waals surface area (Å²) in [5.41, 5.74) is -0.301. The maximum Gasteiger partial charge on any atom is 0.253 e. The SMILES string of the molecule is Cc1ccc(S(=O)(=O)N2CC3CNCC3C2(C)C)s1. The van der Waals surface area contributed by atoms with Crippen LogP contribution in [0.15, 0.2) is 16.3 Å². The summed E-state index contributed by atoms with van der Waals surface area (Å²) >= 11 is 1.37. The Morgan fingerprint density at radius 3 is 2.68 bits per heavy atom. The van der Waals surface area contributed by atoms with Crippen LogP contribution >= 0.6 is 11.3 Å². The van der Waals surface area contributed by atoms with E-state index in [0.717, 1.165) is 18.0 Å². The third-order valence-electron chi connectivity index (χ3n) is 4.55. The Kier molecular flexibility index (Phi) is 3.05. The average molecular weight is 300 g/mol. The van der Waals surface area contributed by atoms with Crippen LogP contribution in [-0.4, -0.2) is 37.9 Å². The number of rotatable bonds is 2. The van der Waals surface area contributed by atoms with Crippen LogP contribution in [0.5, 0.6) is 0 Å². The van der Waals surface area contributed by atoms with Gasteiger partial charge in [0.1, 0.15) is 4.21 Å². The van der Waals surface area contributed by atoms with E-state index in [-0.39, 0.29) is 5.54 Å². The minimum Gasteiger partial charge on any atom is -0.316 e.